The maximum Gasteiger partial charge on any atom is 0.00159 e. The number of rotatable bonds is 6. The number of hydrogen-bond donors (Lipinski definition) is 0. The van der Waals surface area contributed by atoms with E-state index >= 15 is 0 Å². The molecule has 0 heterocycles. The summed E-state index contributed by atoms with van der Waals surface area (Å²) in [5.41, 5.74) is 0. The first-order chi connectivity index (χ1) is 5.20. The van der Waals surface area contributed by atoms with Crippen molar-refractivity contribution >= 4 is 11.8 Å². The Morgan fingerprint density at radius 1 is 1.27 bits per heavy atom. The lowest BCUT2D eigenvalue weighted by Gasteiger charge is -2.10. The third kappa shape index (κ3) is 6.74. The Labute approximate surface area is 76.1 Å². The zero-order valence-electron chi connectivity index (χ0n) is 8.10. The van der Waals surface area contributed by atoms with Gasteiger partial charge in [0.25, 0.3) is 0 Å². The lowest BCUT2D eigenvalue weighted by molar-refractivity contribution is 0.502. The second kappa shape index (κ2) is 7.02. The van der Waals surface area contributed by atoms with Crippen molar-refractivity contribution < 1.29 is 0 Å². The van der Waals surface area contributed by atoms with Crippen molar-refractivity contribution in [3.63, 3.8) is 0 Å². The molecule has 2 unspecified atom stereocenters. The highest BCUT2D eigenvalue weighted by Crippen LogP contribution is 2.17. The lowest BCUT2D eigenvalue weighted by atomic mass is 10.0. The van der Waals surface area contributed by atoms with Crippen molar-refractivity contribution in [2.24, 2.45) is 5.92 Å². The van der Waals surface area contributed by atoms with Crippen LogP contribution in [-0.4, -0.2) is 11.5 Å². The summed E-state index contributed by atoms with van der Waals surface area (Å²) in [7, 11) is 0. The molecule has 0 amide bonds. The van der Waals surface area contributed by atoms with Crippen LogP contribution in [0, 0.1) is 12.8 Å². The molecule has 0 aliphatic rings. The minimum absolute atomic E-state index is 0.823. The van der Waals surface area contributed by atoms with Gasteiger partial charge in [-0.2, -0.15) is 11.8 Å². The van der Waals surface area contributed by atoms with Gasteiger partial charge in [0.2, 0.25) is 0 Å². The molecule has 0 nitrogen and oxygen atoms in total. The standard InChI is InChI=1S/C10H21S/c1-5-9(2)7-6-8-10(3)11-4/h9-10H,1,5-8H2,2-4H3. The molecule has 0 aromatic carbocycles. The van der Waals surface area contributed by atoms with Crippen LogP contribution in [0.25, 0.3) is 0 Å². The molecule has 67 valence electrons. The van der Waals surface area contributed by atoms with Crippen LogP contribution in [0.5, 0.6) is 0 Å². The fourth-order valence-electron chi connectivity index (χ4n) is 1.02. The third-order valence-electron chi connectivity index (χ3n) is 2.20. The van der Waals surface area contributed by atoms with E-state index in [2.05, 4.69) is 27.0 Å². The van der Waals surface area contributed by atoms with Gasteiger partial charge in [-0.05, 0) is 18.6 Å². The summed E-state index contributed by atoms with van der Waals surface area (Å²) >= 11 is 1.97. The van der Waals surface area contributed by atoms with E-state index < -0.39 is 0 Å². The van der Waals surface area contributed by atoms with E-state index in [-0.39, 0.29) is 0 Å². The monoisotopic (exact) mass is 173 g/mol. The average Bonchev–Trinajstić information content (AvgIpc) is 2.04. The van der Waals surface area contributed by atoms with Gasteiger partial charge >= 0.3 is 0 Å². The van der Waals surface area contributed by atoms with E-state index in [1.165, 1.54) is 19.3 Å². The Morgan fingerprint density at radius 2 is 1.91 bits per heavy atom. The summed E-state index contributed by atoms with van der Waals surface area (Å²) in [5, 5.41) is 0.840. The first-order valence-corrected chi connectivity index (χ1v) is 5.81. The van der Waals surface area contributed by atoms with E-state index in [0.29, 0.717) is 0 Å². The predicted octanol–water partition coefficient (Wildman–Crippen LogP) is 3.77. The van der Waals surface area contributed by atoms with Gasteiger partial charge in [-0.25, -0.2) is 0 Å². The van der Waals surface area contributed by atoms with Crippen LogP contribution >= 0.6 is 11.8 Å². The lowest BCUT2D eigenvalue weighted by Crippen LogP contribution is -1.98. The molecule has 0 aromatic rings. The van der Waals surface area contributed by atoms with Crippen LogP contribution in [-0.2, 0) is 0 Å². The molecular formula is C10H21S. The van der Waals surface area contributed by atoms with E-state index in [1.807, 2.05) is 11.8 Å². The predicted molar refractivity (Wildman–Crippen MR) is 56.0 cm³/mol. The molecule has 0 aromatic heterocycles. The fraction of sp³-hybridized carbons (Fsp3) is 0.900. The van der Waals surface area contributed by atoms with E-state index in [9.17, 15) is 0 Å². The zero-order chi connectivity index (χ0) is 8.69. The Morgan fingerprint density at radius 3 is 2.36 bits per heavy atom. The van der Waals surface area contributed by atoms with Crippen LogP contribution < -0.4 is 0 Å². The van der Waals surface area contributed by atoms with Gasteiger partial charge in [-0.1, -0.05) is 40.0 Å². The molecule has 0 aliphatic heterocycles. The number of hydrogen-bond acceptors (Lipinski definition) is 1. The highest BCUT2D eigenvalue weighted by molar-refractivity contribution is 7.99. The summed E-state index contributed by atoms with van der Waals surface area (Å²) in [6, 6.07) is 0. The van der Waals surface area contributed by atoms with Gasteiger partial charge in [0.05, 0.1) is 0 Å². The molecule has 0 fully saturated rings. The molecule has 0 N–H and O–H groups in total. The summed E-state index contributed by atoms with van der Waals surface area (Å²) in [5.74, 6) is 0.823. The van der Waals surface area contributed by atoms with Crippen molar-refractivity contribution in [1.82, 2.24) is 0 Å². The largest absolute Gasteiger partial charge is 0.162 e. The smallest absolute Gasteiger partial charge is 0.00159 e. The Bertz CT molecular complexity index is 70.9. The Balaban J connectivity index is 3.13. The van der Waals surface area contributed by atoms with Crippen molar-refractivity contribution in [2.45, 2.75) is 44.8 Å². The maximum atomic E-state index is 3.90. The molecule has 0 rings (SSSR count). The SMILES string of the molecule is [CH2]CC(C)CCCC(C)SC. The molecule has 11 heavy (non-hydrogen) atoms. The summed E-state index contributed by atoms with van der Waals surface area (Å²) in [4.78, 5) is 0. The van der Waals surface area contributed by atoms with Crippen molar-refractivity contribution in [3.05, 3.63) is 6.92 Å². The molecule has 0 saturated heterocycles. The van der Waals surface area contributed by atoms with Gasteiger partial charge in [0.15, 0.2) is 0 Å². The molecule has 0 bridgehead atoms. The summed E-state index contributed by atoms with van der Waals surface area (Å²) < 4.78 is 0. The van der Waals surface area contributed by atoms with Crippen LogP contribution in [0.2, 0.25) is 0 Å². The van der Waals surface area contributed by atoms with Gasteiger partial charge in [-0.3, -0.25) is 0 Å². The highest BCUT2D eigenvalue weighted by Gasteiger charge is 2.01. The Hall–Kier alpha value is 0.350. The van der Waals surface area contributed by atoms with E-state index in [0.717, 1.165) is 17.6 Å². The van der Waals surface area contributed by atoms with E-state index in [4.69, 9.17) is 0 Å². The third-order valence-corrected chi connectivity index (χ3v) is 3.24. The quantitative estimate of drug-likeness (QED) is 0.589. The van der Waals surface area contributed by atoms with Gasteiger partial charge < -0.3 is 0 Å². The second-order valence-corrected chi connectivity index (χ2v) is 4.65. The molecule has 0 saturated carbocycles. The second-order valence-electron chi connectivity index (χ2n) is 3.37. The minimum atomic E-state index is 0.823. The molecule has 0 spiro atoms. The van der Waals surface area contributed by atoms with Crippen LogP contribution in [0.15, 0.2) is 0 Å². The average molecular weight is 173 g/mol. The fourth-order valence-corrected chi connectivity index (χ4v) is 1.42. The van der Waals surface area contributed by atoms with Gasteiger partial charge in [-0.15, -0.1) is 0 Å². The topological polar surface area (TPSA) is 0 Å². The summed E-state index contributed by atoms with van der Waals surface area (Å²) in [6.07, 6.45) is 7.38. The first kappa shape index (κ1) is 11.4. The molecule has 0 aliphatic carbocycles. The Kier molecular flexibility index (Phi) is 7.25. The first-order valence-electron chi connectivity index (χ1n) is 4.52. The maximum absolute atomic E-state index is 3.90. The van der Waals surface area contributed by atoms with Crippen LogP contribution in [0.3, 0.4) is 0 Å². The molecule has 1 radical (unpaired) electrons. The number of thioether (sulfide) groups is 1. The van der Waals surface area contributed by atoms with Gasteiger partial charge in [0.1, 0.15) is 0 Å². The van der Waals surface area contributed by atoms with Crippen LogP contribution in [0.1, 0.15) is 39.5 Å². The minimum Gasteiger partial charge on any atom is -0.162 e. The highest BCUT2D eigenvalue weighted by atomic mass is 32.2. The van der Waals surface area contributed by atoms with Crippen LogP contribution in [0.4, 0.5) is 0 Å². The molecule has 2 atom stereocenters. The van der Waals surface area contributed by atoms with E-state index in [1.54, 1.807) is 0 Å². The molecular weight excluding hydrogens is 152 g/mol. The zero-order valence-corrected chi connectivity index (χ0v) is 8.91. The van der Waals surface area contributed by atoms with Gasteiger partial charge in [0, 0.05) is 5.25 Å². The van der Waals surface area contributed by atoms with Crippen molar-refractivity contribution in [3.8, 4) is 0 Å². The normalized spacial score (nSPS) is 16.4. The summed E-state index contributed by atoms with van der Waals surface area (Å²) in [6.45, 7) is 8.49. The van der Waals surface area contributed by atoms with Crippen molar-refractivity contribution in [1.29, 1.82) is 0 Å². The molecule has 1 heteroatoms. The van der Waals surface area contributed by atoms with Crippen molar-refractivity contribution in [2.75, 3.05) is 6.26 Å².